The summed E-state index contributed by atoms with van der Waals surface area (Å²) in [5.41, 5.74) is 7.75. The lowest BCUT2D eigenvalue weighted by Gasteiger charge is -2.10. The average molecular weight is 272 g/mol. The summed E-state index contributed by atoms with van der Waals surface area (Å²) in [4.78, 5) is 3.78. The van der Waals surface area contributed by atoms with Gasteiger partial charge in [-0.2, -0.15) is 13.2 Å². The zero-order valence-corrected chi connectivity index (χ0v) is 10.3. The predicted octanol–water partition coefficient (Wildman–Crippen LogP) is 3.52. The van der Waals surface area contributed by atoms with E-state index in [1.807, 2.05) is 25.1 Å². The first-order valence-electron chi connectivity index (χ1n) is 5.23. The standard InChI is InChI=1S/C12H11F3N2S/c1-7-3-2-4-8(5-7)10(16)9-6-17-11(18-9)12(13,14)15/h2-6,10H,16H2,1H3. The molecule has 1 unspecified atom stereocenters. The Morgan fingerprint density at radius 1 is 1.33 bits per heavy atom. The third-order valence-electron chi connectivity index (χ3n) is 2.47. The molecule has 6 heteroatoms. The quantitative estimate of drug-likeness (QED) is 0.908. The van der Waals surface area contributed by atoms with Crippen molar-refractivity contribution in [3.05, 3.63) is 51.5 Å². The lowest BCUT2D eigenvalue weighted by Crippen LogP contribution is -2.10. The van der Waals surface area contributed by atoms with Gasteiger partial charge in [-0.1, -0.05) is 29.8 Å². The number of alkyl halides is 3. The van der Waals surface area contributed by atoms with Crippen LogP contribution in [-0.2, 0) is 6.18 Å². The van der Waals surface area contributed by atoms with Crippen molar-refractivity contribution in [3.63, 3.8) is 0 Å². The van der Waals surface area contributed by atoms with Gasteiger partial charge in [-0.25, -0.2) is 4.98 Å². The van der Waals surface area contributed by atoms with Crippen LogP contribution in [0.25, 0.3) is 0 Å². The molecule has 0 fully saturated rings. The maximum Gasteiger partial charge on any atom is 0.443 e. The molecule has 0 amide bonds. The Kier molecular flexibility index (Phi) is 3.41. The lowest BCUT2D eigenvalue weighted by molar-refractivity contribution is -0.137. The summed E-state index contributed by atoms with van der Waals surface area (Å²) in [6.07, 6.45) is -3.21. The van der Waals surface area contributed by atoms with Gasteiger partial charge in [0, 0.05) is 11.1 Å². The van der Waals surface area contributed by atoms with Crippen molar-refractivity contribution in [2.45, 2.75) is 19.1 Å². The second kappa shape index (κ2) is 4.70. The molecule has 1 atom stereocenters. The van der Waals surface area contributed by atoms with Crippen molar-refractivity contribution < 1.29 is 13.2 Å². The van der Waals surface area contributed by atoms with E-state index >= 15 is 0 Å². The zero-order valence-electron chi connectivity index (χ0n) is 9.53. The molecule has 0 aliphatic carbocycles. The molecule has 0 aliphatic heterocycles. The van der Waals surface area contributed by atoms with E-state index in [0.29, 0.717) is 16.2 Å². The highest BCUT2D eigenvalue weighted by atomic mass is 32.1. The van der Waals surface area contributed by atoms with Crippen LogP contribution in [0.1, 0.15) is 27.1 Å². The maximum absolute atomic E-state index is 12.4. The van der Waals surface area contributed by atoms with Crippen molar-refractivity contribution in [1.82, 2.24) is 4.98 Å². The van der Waals surface area contributed by atoms with E-state index < -0.39 is 17.2 Å². The fourth-order valence-electron chi connectivity index (χ4n) is 1.59. The van der Waals surface area contributed by atoms with E-state index in [4.69, 9.17) is 5.73 Å². The molecule has 0 saturated carbocycles. The molecule has 2 rings (SSSR count). The van der Waals surface area contributed by atoms with Gasteiger partial charge in [0.15, 0.2) is 5.01 Å². The Hall–Kier alpha value is -1.40. The third kappa shape index (κ3) is 2.70. The van der Waals surface area contributed by atoms with Crippen molar-refractivity contribution >= 4 is 11.3 Å². The monoisotopic (exact) mass is 272 g/mol. The molecule has 2 nitrogen and oxygen atoms in total. The van der Waals surface area contributed by atoms with Crippen molar-refractivity contribution in [1.29, 1.82) is 0 Å². The van der Waals surface area contributed by atoms with Gasteiger partial charge in [0.2, 0.25) is 0 Å². The van der Waals surface area contributed by atoms with Crippen LogP contribution >= 0.6 is 11.3 Å². The van der Waals surface area contributed by atoms with Gasteiger partial charge < -0.3 is 5.73 Å². The van der Waals surface area contributed by atoms with E-state index in [-0.39, 0.29) is 0 Å². The van der Waals surface area contributed by atoms with Crippen LogP contribution in [0.5, 0.6) is 0 Å². The number of hydrogen-bond donors (Lipinski definition) is 1. The fraction of sp³-hybridized carbons (Fsp3) is 0.250. The first-order chi connectivity index (χ1) is 8.38. The smallest absolute Gasteiger partial charge is 0.320 e. The summed E-state index contributed by atoms with van der Waals surface area (Å²) in [5, 5.41) is -0.861. The molecule has 1 aromatic carbocycles. The van der Waals surface area contributed by atoms with E-state index in [1.165, 1.54) is 6.20 Å². The van der Waals surface area contributed by atoms with Gasteiger partial charge in [-0.15, -0.1) is 11.3 Å². The summed E-state index contributed by atoms with van der Waals surface area (Å²) in [6.45, 7) is 1.91. The number of thiazole rings is 1. The highest BCUT2D eigenvalue weighted by molar-refractivity contribution is 7.11. The molecule has 96 valence electrons. The predicted molar refractivity (Wildman–Crippen MR) is 64.3 cm³/mol. The molecular weight excluding hydrogens is 261 g/mol. The summed E-state index contributed by atoms with van der Waals surface area (Å²) >= 11 is 0.588. The summed E-state index contributed by atoms with van der Waals surface area (Å²) in [6, 6.07) is 6.82. The molecular formula is C12H11F3N2S. The average Bonchev–Trinajstić information content (AvgIpc) is 2.77. The van der Waals surface area contributed by atoms with Crippen LogP contribution in [0, 0.1) is 6.92 Å². The van der Waals surface area contributed by atoms with Gasteiger partial charge in [-0.3, -0.25) is 0 Å². The highest BCUT2D eigenvalue weighted by Crippen LogP contribution is 2.35. The Labute approximate surface area is 106 Å². The number of benzene rings is 1. The molecule has 0 spiro atoms. The Bertz CT molecular complexity index is 548. The largest absolute Gasteiger partial charge is 0.443 e. The van der Waals surface area contributed by atoms with Gasteiger partial charge in [0.25, 0.3) is 0 Å². The molecule has 1 aromatic heterocycles. The van der Waals surface area contributed by atoms with E-state index in [1.54, 1.807) is 6.07 Å². The molecule has 2 aromatic rings. The minimum atomic E-state index is -4.41. The number of halogens is 3. The first kappa shape index (κ1) is 13.0. The number of hydrogen-bond acceptors (Lipinski definition) is 3. The summed E-state index contributed by atoms with van der Waals surface area (Å²) in [5.74, 6) is 0. The van der Waals surface area contributed by atoms with Crippen LogP contribution in [0.2, 0.25) is 0 Å². The van der Waals surface area contributed by atoms with Gasteiger partial charge in [-0.05, 0) is 12.5 Å². The van der Waals surface area contributed by atoms with Crippen LogP contribution in [0.3, 0.4) is 0 Å². The minimum Gasteiger partial charge on any atom is -0.320 e. The van der Waals surface area contributed by atoms with Crippen LogP contribution < -0.4 is 5.73 Å². The number of aromatic nitrogens is 1. The van der Waals surface area contributed by atoms with E-state index in [9.17, 15) is 13.2 Å². The van der Waals surface area contributed by atoms with Gasteiger partial charge >= 0.3 is 6.18 Å². The Balaban J connectivity index is 2.29. The topological polar surface area (TPSA) is 38.9 Å². The highest BCUT2D eigenvalue weighted by Gasteiger charge is 2.35. The molecule has 1 heterocycles. The third-order valence-corrected chi connectivity index (χ3v) is 3.60. The normalized spacial score (nSPS) is 13.6. The minimum absolute atomic E-state index is 0.410. The number of nitrogens with zero attached hydrogens (tertiary/aromatic N) is 1. The molecule has 0 radical (unpaired) electrons. The van der Waals surface area contributed by atoms with Crippen LogP contribution in [0.4, 0.5) is 13.2 Å². The van der Waals surface area contributed by atoms with Crippen LogP contribution in [0.15, 0.2) is 30.5 Å². The first-order valence-corrected chi connectivity index (χ1v) is 6.04. The number of rotatable bonds is 2. The second-order valence-corrected chi connectivity index (χ2v) is 5.02. The molecule has 0 aliphatic rings. The van der Waals surface area contributed by atoms with E-state index in [2.05, 4.69) is 4.98 Å². The second-order valence-electron chi connectivity index (χ2n) is 3.96. The van der Waals surface area contributed by atoms with Crippen molar-refractivity contribution in [2.75, 3.05) is 0 Å². The fourth-order valence-corrected chi connectivity index (χ4v) is 2.40. The Morgan fingerprint density at radius 2 is 2.06 bits per heavy atom. The maximum atomic E-state index is 12.4. The number of nitrogens with two attached hydrogens (primary N) is 1. The van der Waals surface area contributed by atoms with Crippen molar-refractivity contribution in [2.24, 2.45) is 5.73 Å². The zero-order chi connectivity index (χ0) is 13.3. The van der Waals surface area contributed by atoms with E-state index in [0.717, 1.165) is 11.1 Å². The van der Waals surface area contributed by atoms with Gasteiger partial charge in [0.05, 0.1) is 6.04 Å². The SMILES string of the molecule is Cc1cccc(C(N)c2cnc(C(F)(F)F)s2)c1. The van der Waals surface area contributed by atoms with Gasteiger partial charge in [0.1, 0.15) is 0 Å². The molecule has 0 saturated heterocycles. The number of aryl methyl sites for hydroxylation is 1. The van der Waals surface area contributed by atoms with Crippen LogP contribution in [-0.4, -0.2) is 4.98 Å². The Morgan fingerprint density at radius 3 is 2.61 bits per heavy atom. The van der Waals surface area contributed by atoms with Crippen molar-refractivity contribution in [3.8, 4) is 0 Å². The molecule has 18 heavy (non-hydrogen) atoms. The molecule has 0 bridgehead atoms. The summed E-state index contributed by atoms with van der Waals surface area (Å²) in [7, 11) is 0. The molecule has 2 N–H and O–H groups in total. The summed E-state index contributed by atoms with van der Waals surface area (Å²) < 4.78 is 37.3. The lowest BCUT2D eigenvalue weighted by atomic mass is 10.0.